The minimum Gasteiger partial charge on any atom is -0.309 e. The molecule has 1 saturated heterocycles. The summed E-state index contributed by atoms with van der Waals surface area (Å²) in [5.74, 6) is 0.897. The van der Waals surface area contributed by atoms with Crippen LogP contribution in [0, 0.1) is 5.92 Å². The molecule has 3 unspecified atom stereocenters. The van der Waals surface area contributed by atoms with Gasteiger partial charge in [0.25, 0.3) is 0 Å². The van der Waals surface area contributed by atoms with Gasteiger partial charge in [-0.15, -0.1) is 0 Å². The molecule has 0 aromatic heterocycles. The summed E-state index contributed by atoms with van der Waals surface area (Å²) in [6, 6.07) is 0.760. The molecule has 2 heteroatoms. The Kier molecular flexibility index (Phi) is 8.13. The van der Waals surface area contributed by atoms with Crippen LogP contribution in [0.3, 0.4) is 0 Å². The molecule has 2 nitrogen and oxygen atoms in total. The third-order valence-corrected chi connectivity index (χ3v) is 5.27. The lowest BCUT2D eigenvalue weighted by Crippen LogP contribution is -2.63. The van der Waals surface area contributed by atoms with E-state index in [9.17, 15) is 0 Å². The predicted octanol–water partition coefficient (Wildman–Crippen LogP) is 4.45. The Labute approximate surface area is 127 Å². The monoisotopic (exact) mass is 282 g/mol. The number of nitrogens with one attached hydrogen (secondary N) is 1. The van der Waals surface area contributed by atoms with Crippen molar-refractivity contribution >= 4 is 0 Å². The molecule has 20 heavy (non-hydrogen) atoms. The number of hydrogen-bond acceptors (Lipinski definition) is 2. The Balaban J connectivity index is 2.62. The molecule has 0 amide bonds. The maximum Gasteiger partial charge on any atom is 0.0278 e. The highest BCUT2D eigenvalue weighted by Gasteiger charge is 2.34. The van der Waals surface area contributed by atoms with Crippen LogP contribution in [0.25, 0.3) is 0 Å². The third-order valence-electron chi connectivity index (χ3n) is 5.27. The molecule has 120 valence electrons. The smallest absolute Gasteiger partial charge is 0.0278 e. The van der Waals surface area contributed by atoms with Gasteiger partial charge in [0.15, 0.2) is 0 Å². The maximum atomic E-state index is 3.80. The standard InChI is InChI=1S/C18H38N2/c1-6-10-12-16(8-3)14-20-15-18(5,9-4)19-13-17(20)11-7-2/h16-17,19H,6-15H2,1-5H3. The van der Waals surface area contributed by atoms with Gasteiger partial charge in [0.05, 0.1) is 0 Å². The summed E-state index contributed by atoms with van der Waals surface area (Å²) in [5, 5.41) is 3.80. The molecular weight excluding hydrogens is 244 g/mol. The zero-order chi connectivity index (χ0) is 15.0. The van der Waals surface area contributed by atoms with Gasteiger partial charge in [0.1, 0.15) is 0 Å². The first-order valence-corrected chi connectivity index (χ1v) is 9.07. The zero-order valence-corrected chi connectivity index (χ0v) is 14.7. The first-order chi connectivity index (χ1) is 9.58. The number of piperazine rings is 1. The van der Waals surface area contributed by atoms with Crippen molar-refractivity contribution in [1.82, 2.24) is 10.2 Å². The molecule has 0 aliphatic carbocycles. The average Bonchev–Trinajstić information content (AvgIpc) is 2.46. The molecule has 0 saturated carbocycles. The van der Waals surface area contributed by atoms with Gasteiger partial charge in [0, 0.05) is 31.2 Å². The van der Waals surface area contributed by atoms with Crippen LogP contribution in [0.15, 0.2) is 0 Å². The van der Waals surface area contributed by atoms with Crippen LogP contribution in [0.2, 0.25) is 0 Å². The molecule has 3 atom stereocenters. The summed E-state index contributed by atoms with van der Waals surface area (Å²) in [6.07, 6.45) is 9.37. The van der Waals surface area contributed by atoms with Crippen LogP contribution in [0.4, 0.5) is 0 Å². The molecule has 1 N–H and O–H groups in total. The van der Waals surface area contributed by atoms with Crippen LogP contribution in [0.1, 0.15) is 79.6 Å². The largest absolute Gasteiger partial charge is 0.309 e. The highest BCUT2D eigenvalue weighted by molar-refractivity contribution is 4.94. The van der Waals surface area contributed by atoms with Crippen LogP contribution in [-0.2, 0) is 0 Å². The Hall–Kier alpha value is -0.0800. The topological polar surface area (TPSA) is 15.3 Å². The normalized spacial score (nSPS) is 29.6. The van der Waals surface area contributed by atoms with Gasteiger partial charge in [-0.25, -0.2) is 0 Å². The molecule has 1 heterocycles. The van der Waals surface area contributed by atoms with E-state index in [4.69, 9.17) is 0 Å². The fourth-order valence-corrected chi connectivity index (χ4v) is 3.44. The quantitative estimate of drug-likeness (QED) is 0.672. The summed E-state index contributed by atoms with van der Waals surface area (Å²) in [5.41, 5.74) is 0.327. The van der Waals surface area contributed by atoms with E-state index >= 15 is 0 Å². The van der Waals surface area contributed by atoms with E-state index in [1.807, 2.05) is 0 Å². The van der Waals surface area contributed by atoms with E-state index < -0.39 is 0 Å². The molecule has 0 aromatic carbocycles. The van der Waals surface area contributed by atoms with Crippen LogP contribution in [0.5, 0.6) is 0 Å². The van der Waals surface area contributed by atoms with Gasteiger partial charge in [-0.2, -0.15) is 0 Å². The second kappa shape index (κ2) is 9.04. The van der Waals surface area contributed by atoms with Crippen molar-refractivity contribution in [2.75, 3.05) is 19.6 Å². The maximum absolute atomic E-state index is 3.80. The van der Waals surface area contributed by atoms with Gasteiger partial charge in [0.2, 0.25) is 0 Å². The van der Waals surface area contributed by atoms with Crippen molar-refractivity contribution in [1.29, 1.82) is 0 Å². The number of rotatable bonds is 9. The molecule has 0 spiro atoms. The Bertz CT molecular complexity index is 254. The van der Waals surface area contributed by atoms with Crippen LogP contribution < -0.4 is 5.32 Å². The van der Waals surface area contributed by atoms with Crippen molar-refractivity contribution in [3.63, 3.8) is 0 Å². The molecule has 1 aliphatic rings. The predicted molar refractivity (Wildman–Crippen MR) is 90.3 cm³/mol. The SMILES string of the molecule is CCCCC(CC)CN1CC(C)(CC)NCC1CCC. The molecule has 1 aliphatic heterocycles. The number of nitrogens with zero attached hydrogens (tertiary/aromatic N) is 1. The average molecular weight is 283 g/mol. The van der Waals surface area contributed by atoms with Crippen molar-refractivity contribution in [3.05, 3.63) is 0 Å². The van der Waals surface area contributed by atoms with E-state index in [1.54, 1.807) is 0 Å². The van der Waals surface area contributed by atoms with Gasteiger partial charge in [-0.1, -0.05) is 53.4 Å². The second-order valence-electron chi connectivity index (χ2n) is 7.08. The Morgan fingerprint density at radius 1 is 1.20 bits per heavy atom. The summed E-state index contributed by atoms with van der Waals surface area (Å²) >= 11 is 0. The minimum absolute atomic E-state index is 0.327. The van der Waals surface area contributed by atoms with Gasteiger partial charge in [-0.3, -0.25) is 4.90 Å². The van der Waals surface area contributed by atoms with Gasteiger partial charge in [-0.05, 0) is 32.1 Å². The summed E-state index contributed by atoms with van der Waals surface area (Å²) in [6.45, 7) is 15.5. The van der Waals surface area contributed by atoms with Crippen LogP contribution >= 0.6 is 0 Å². The minimum atomic E-state index is 0.327. The zero-order valence-electron chi connectivity index (χ0n) is 14.7. The summed E-state index contributed by atoms with van der Waals surface area (Å²) < 4.78 is 0. The Morgan fingerprint density at radius 2 is 1.95 bits per heavy atom. The first-order valence-electron chi connectivity index (χ1n) is 9.07. The van der Waals surface area contributed by atoms with Gasteiger partial charge >= 0.3 is 0 Å². The lowest BCUT2D eigenvalue weighted by Gasteiger charge is -2.47. The molecule has 1 rings (SSSR count). The Morgan fingerprint density at radius 3 is 2.50 bits per heavy atom. The molecule has 1 fully saturated rings. The number of unbranched alkanes of at least 4 members (excludes halogenated alkanes) is 1. The van der Waals surface area contributed by atoms with Crippen LogP contribution in [-0.4, -0.2) is 36.1 Å². The molecule has 0 aromatic rings. The molecule has 0 radical (unpaired) electrons. The van der Waals surface area contributed by atoms with Crippen molar-refractivity contribution in [3.8, 4) is 0 Å². The van der Waals surface area contributed by atoms with E-state index in [2.05, 4.69) is 44.8 Å². The number of hydrogen-bond donors (Lipinski definition) is 1. The van der Waals surface area contributed by atoms with E-state index in [-0.39, 0.29) is 0 Å². The van der Waals surface area contributed by atoms with E-state index in [0.29, 0.717) is 5.54 Å². The second-order valence-corrected chi connectivity index (χ2v) is 7.08. The fourth-order valence-electron chi connectivity index (χ4n) is 3.44. The molecular formula is C18H38N2. The summed E-state index contributed by atoms with van der Waals surface area (Å²) in [4.78, 5) is 2.81. The van der Waals surface area contributed by atoms with Gasteiger partial charge < -0.3 is 5.32 Å². The highest BCUT2D eigenvalue weighted by Crippen LogP contribution is 2.24. The highest BCUT2D eigenvalue weighted by atomic mass is 15.2. The molecule has 0 bridgehead atoms. The van der Waals surface area contributed by atoms with Crippen molar-refractivity contribution in [2.24, 2.45) is 5.92 Å². The van der Waals surface area contributed by atoms with E-state index in [0.717, 1.165) is 12.0 Å². The van der Waals surface area contributed by atoms with E-state index in [1.165, 1.54) is 64.6 Å². The lowest BCUT2D eigenvalue weighted by molar-refractivity contribution is 0.0623. The van der Waals surface area contributed by atoms with Crippen molar-refractivity contribution < 1.29 is 0 Å². The first kappa shape index (κ1) is 18.0. The lowest BCUT2D eigenvalue weighted by atomic mass is 9.90. The summed E-state index contributed by atoms with van der Waals surface area (Å²) in [7, 11) is 0. The van der Waals surface area contributed by atoms with Crippen molar-refractivity contribution in [2.45, 2.75) is 91.1 Å². The third kappa shape index (κ3) is 5.37. The fraction of sp³-hybridized carbons (Fsp3) is 1.00.